The van der Waals surface area contributed by atoms with Gasteiger partial charge in [0.15, 0.2) is 6.61 Å². The van der Waals surface area contributed by atoms with Crippen LogP contribution in [0.5, 0.6) is 5.75 Å². The van der Waals surface area contributed by atoms with Crippen molar-refractivity contribution in [3.8, 4) is 5.75 Å². The maximum Gasteiger partial charge on any atom is 0.261 e. The second-order valence-corrected chi connectivity index (χ2v) is 5.12. The van der Waals surface area contributed by atoms with Gasteiger partial charge in [-0.3, -0.25) is 4.79 Å². The van der Waals surface area contributed by atoms with Gasteiger partial charge in [0.25, 0.3) is 5.91 Å². The topological polar surface area (TPSA) is 59.9 Å². The molecule has 0 radical (unpaired) electrons. The summed E-state index contributed by atoms with van der Waals surface area (Å²) in [5.41, 5.74) is 1.82. The summed E-state index contributed by atoms with van der Waals surface area (Å²) < 4.78 is 5.07. The molecule has 0 aromatic heterocycles. The van der Waals surface area contributed by atoms with Gasteiger partial charge in [-0.1, -0.05) is 41.0 Å². The zero-order chi connectivity index (χ0) is 16.5. The predicted molar refractivity (Wildman–Crippen MR) is 89.8 cm³/mol. The highest BCUT2D eigenvalue weighted by Gasteiger charge is 2.01. The van der Waals surface area contributed by atoms with Crippen LogP contribution in [0.1, 0.15) is 11.1 Å². The lowest BCUT2D eigenvalue weighted by Crippen LogP contribution is -2.26. The SMILES string of the molecule is COc1ccc(CNC(=O)CO/N=C/c2ccc(Cl)cc2)cc1. The Morgan fingerprint density at radius 3 is 2.52 bits per heavy atom. The van der Waals surface area contributed by atoms with Crippen LogP contribution in [0.3, 0.4) is 0 Å². The maximum absolute atomic E-state index is 11.6. The van der Waals surface area contributed by atoms with E-state index in [9.17, 15) is 4.79 Å². The van der Waals surface area contributed by atoms with Crippen molar-refractivity contribution in [3.63, 3.8) is 0 Å². The fourth-order valence-corrected chi connectivity index (χ4v) is 1.86. The van der Waals surface area contributed by atoms with Crippen LogP contribution >= 0.6 is 11.6 Å². The number of halogens is 1. The average Bonchev–Trinajstić information content (AvgIpc) is 2.59. The fraction of sp³-hybridized carbons (Fsp3) is 0.176. The Morgan fingerprint density at radius 2 is 1.87 bits per heavy atom. The molecular weight excluding hydrogens is 316 g/mol. The van der Waals surface area contributed by atoms with Crippen LogP contribution in [0.2, 0.25) is 5.02 Å². The molecule has 5 nitrogen and oxygen atoms in total. The van der Waals surface area contributed by atoms with Gasteiger partial charge in [-0.05, 0) is 35.4 Å². The Balaban J connectivity index is 1.69. The van der Waals surface area contributed by atoms with Crippen LogP contribution in [0.4, 0.5) is 0 Å². The zero-order valence-corrected chi connectivity index (χ0v) is 13.4. The van der Waals surface area contributed by atoms with Crippen LogP contribution in [0.15, 0.2) is 53.7 Å². The molecule has 0 atom stereocenters. The van der Waals surface area contributed by atoms with E-state index in [0.717, 1.165) is 16.9 Å². The largest absolute Gasteiger partial charge is 0.497 e. The number of amides is 1. The quantitative estimate of drug-likeness (QED) is 0.626. The Morgan fingerprint density at radius 1 is 1.17 bits per heavy atom. The van der Waals surface area contributed by atoms with Crippen molar-refractivity contribution in [2.75, 3.05) is 13.7 Å². The lowest BCUT2D eigenvalue weighted by atomic mass is 10.2. The minimum atomic E-state index is -0.242. The molecule has 2 aromatic rings. The van der Waals surface area contributed by atoms with Gasteiger partial charge in [-0.2, -0.15) is 0 Å². The number of methoxy groups -OCH3 is 1. The second kappa shape index (κ2) is 8.80. The number of hydrogen-bond donors (Lipinski definition) is 1. The Bertz CT molecular complexity index is 655. The number of carbonyl (C=O) groups excluding carboxylic acids is 1. The van der Waals surface area contributed by atoms with E-state index in [0.29, 0.717) is 11.6 Å². The van der Waals surface area contributed by atoms with Crippen molar-refractivity contribution in [1.82, 2.24) is 5.32 Å². The number of nitrogens with zero attached hydrogens (tertiary/aromatic N) is 1. The van der Waals surface area contributed by atoms with Gasteiger partial charge < -0.3 is 14.9 Å². The highest BCUT2D eigenvalue weighted by atomic mass is 35.5. The molecule has 120 valence electrons. The molecule has 0 spiro atoms. The van der Waals surface area contributed by atoms with Gasteiger partial charge in [-0.15, -0.1) is 0 Å². The smallest absolute Gasteiger partial charge is 0.261 e. The van der Waals surface area contributed by atoms with Crippen molar-refractivity contribution in [2.24, 2.45) is 5.16 Å². The first-order valence-corrected chi connectivity index (χ1v) is 7.35. The fourth-order valence-electron chi connectivity index (χ4n) is 1.74. The molecule has 0 aliphatic carbocycles. The first kappa shape index (κ1) is 16.8. The van der Waals surface area contributed by atoms with Crippen LogP contribution in [0.25, 0.3) is 0 Å². The van der Waals surface area contributed by atoms with Gasteiger partial charge in [-0.25, -0.2) is 0 Å². The summed E-state index contributed by atoms with van der Waals surface area (Å²) in [6.07, 6.45) is 1.52. The van der Waals surface area contributed by atoms with Gasteiger partial charge in [0.2, 0.25) is 0 Å². The summed E-state index contributed by atoms with van der Waals surface area (Å²) in [7, 11) is 1.61. The molecule has 0 aliphatic rings. The molecule has 23 heavy (non-hydrogen) atoms. The number of rotatable bonds is 7. The minimum absolute atomic E-state index is 0.139. The van der Waals surface area contributed by atoms with E-state index >= 15 is 0 Å². The number of benzene rings is 2. The molecule has 0 saturated heterocycles. The standard InChI is InChI=1S/C17H17ClN2O3/c1-22-16-8-4-13(5-9-16)10-19-17(21)12-23-20-11-14-2-6-15(18)7-3-14/h2-9,11H,10,12H2,1H3,(H,19,21)/b20-11+. The lowest BCUT2D eigenvalue weighted by molar-refractivity contribution is -0.125. The van der Waals surface area contributed by atoms with Crippen LogP contribution < -0.4 is 10.1 Å². The molecule has 0 heterocycles. The summed E-state index contributed by atoms with van der Waals surface area (Å²) in [6.45, 7) is 0.285. The number of oxime groups is 1. The van der Waals surface area contributed by atoms with Crippen molar-refractivity contribution in [3.05, 3.63) is 64.7 Å². The molecule has 6 heteroatoms. The van der Waals surface area contributed by atoms with E-state index < -0.39 is 0 Å². The summed E-state index contributed by atoms with van der Waals surface area (Å²) in [5.74, 6) is 0.536. The van der Waals surface area contributed by atoms with Crippen LogP contribution in [0, 0.1) is 0 Å². The van der Waals surface area contributed by atoms with Gasteiger partial charge in [0.1, 0.15) is 5.75 Å². The van der Waals surface area contributed by atoms with E-state index in [-0.39, 0.29) is 12.5 Å². The zero-order valence-electron chi connectivity index (χ0n) is 12.7. The molecule has 0 fully saturated rings. The monoisotopic (exact) mass is 332 g/mol. The molecule has 0 saturated carbocycles. The number of hydrogen-bond acceptors (Lipinski definition) is 4. The minimum Gasteiger partial charge on any atom is -0.497 e. The average molecular weight is 333 g/mol. The molecule has 0 bridgehead atoms. The highest BCUT2D eigenvalue weighted by molar-refractivity contribution is 6.30. The molecule has 0 unspecified atom stereocenters. The molecular formula is C17H17ClN2O3. The third-order valence-electron chi connectivity index (χ3n) is 2.99. The first-order chi connectivity index (χ1) is 11.2. The van der Waals surface area contributed by atoms with E-state index in [1.807, 2.05) is 24.3 Å². The van der Waals surface area contributed by atoms with Crippen molar-refractivity contribution in [1.29, 1.82) is 0 Å². The summed E-state index contributed by atoms with van der Waals surface area (Å²) in [4.78, 5) is 16.6. The highest BCUT2D eigenvalue weighted by Crippen LogP contribution is 2.11. The van der Waals surface area contributed by atoms with Crippen molar-refractivity contribution >= 4 is 23.7 Å². The number of carbonyl (C=O) groups is 1. The number of nitrogens with one attached hydrogen (secondary N) is 1. The number of ether oxygens (including phenoxy) is 1. The Labute approximate surface area is 139 Å². The predicted octanol–water partition coefficient (Wildman–Crippen LogP) is 3.02. The van der Waals surface area contributed by atoms with Crippen molar-refractivity contribution < 1.29 is 14.4 Å². The van der Waals surface area contributed by atoms with Gasteiger partial charge in [0.05, 0.1) is 13.3 Å². The second-order valence-electron chi connectivity index (χ2n) is 4.68. The van der Waals surface area contributed by atoms with Crippen molar-refractivity contribution in [2.45, 2.75) is 6.54 Å². The Kier molecular flexibility index (Phi) is 6.44. The van der Waals surface area contributed by atoms with Crippen LogP contribution in [-0.4, -0.2) is 25.8 Å². The van der Waals surface area contributed by atoms with Crippen LogP contribution in [-0.2, 0) is 16.2 Å². The van der Waals surface area contributed by atoms with E-state index in [4.69, 9.17) is 21.2 Å². The van der Waals surface area contributed by atoms with E-state index in [1.54, 1.807) is 31.4 Å². The van der Waals surface area contributed by atoms with E-state index in [1.165, 1.54) is 6.21 Å². The normalized spacial score (nSPS) is 10.5. The Hall–Kier alpha value is -2.53. The third kappa shape index (κ3) is 6.00. The third-order valence-corrected chi connectivity index (χ3v) is 3.24. The molecule has 1 N–H and O–H groups in total. The maximum atomic E-state index is 11.6. The molecule has 2 rings (SSSR count). The summed E-state index contributed by atoms with van der Waals surface area (Å²) in [6, 6.07) is 14.6. The molecule has 1 amide bonds. The van der Waals surface area contributed by atoms with Gasteiger partial charge >= 0.3 is 0 Å². The van der Waals surface area contributed by atoms with E-state index in [2.05, 4.69) is 10.5 Å². The molecule has 2 aromatic carbocycles. The summed E-state index contributed by atoms with van der Waals surface area (Å²) in [5, 5.41) is 7.14. The molecule has 0 aliphatic heterocycles. The summed E-state index contributed by atoms with van der Waals surface area (Å²) >= 11 is 5.78. The lowest BCUT2D eigenvalue weighted by Gasteiger charge is -2.05. The first-order valence-electron chi connectivity index (χ1n) is 6.98. The van der Waals surface area contributed by atoms with Gasteiger partial charge in [0, 0.05) is 11.6 Å².